The van der Waals surface area contributed by atoms with E-state index >= 15 is 0 Å². The number of hydrazine groups is 1. The van der Waals surface area contributed by atoms with E-state index in [9.17, 15) is 0 Å². The van der Waals surface area contributed by atoms with E-state index in [2.05, 4.69) is 21.4 Å². The molecule has 5 N–H and O–H groups in total. The summed E-state index contributed by atoms with van der Waals surface area (Å²) in [7, 11) is 0. The minimum Gasteiger partial charge on any atom is -0.398 e. The largest absolute Gasteiger partial charge is 0.398 e. The van der Waals surface area contributed by atoms with Crippen LogP contribution in [0.15, 0.2) is 16.6 Å². The summed E-state index contributed by atoms with van der Waals surface area (Å²) in [4.78, 5) is 0. The van der Waals surface area contributed by atoms with Crippen molar-refractivity contribution in [3.8, 4) is 0 Å². The third-order valence-electron chi connectivity index (χ3n) is 1.57. The summed E-state index contributed by atoms with van der Waals surface area (Å²) in [5.41, 5.74) is 10.8. The van der Waals surface area contributed by atoms with Crippen molar-refractivity contribution in [2.24, 2.45) is 5.84 Å². The molecule has 0 spiro atoms. The molecular weight excluding hydrogens is 206 g/mol. The fraction of sp³-hybridized carbons (Fsp3) is 0.143. The van der Waals surface area contributed by atoms with Crippen molar-refractivity contribution in [3.05, 3.63) is 22.2 Å². The van der Waals surface area contributed by atoms with E-state index in [-0.39, 0.29) is 0 Å². The third kappa shape index (κ3) is 1.64. The molecule has 0 aromatic heterocycles. The number of rotatable bonds is 1. The minimum atomic E-state index is 0.729. The second-order valence-corrected chi connectivity index (χ2v) is 3.23. The van der Waals surface area contributed by atoms with Crippen LogP contribution in [0.1, 0.15) is 5.56 Å². The molecule has 0 aliphatic rings. The monoisotopic (exact) mass is 215 g/mol. The van der Waals surface area contributed by atoms with Gasteiger partial charge >= 0.3 is 0 Å². The minimum absolute atomic E-state index is 0.729. The first-order chi connectivity index (χ1) is 5.15. The Balaban J connectivity index is 3.24. The first kappa shape index (κ1) is 8.36. The Hall–Kier alpha value is -0.740. The molecule has 0 amide bonds. The lowest BCUT2D eigenvalue weighted by Crippen LogP contribution is -2.09. The van der Waals surface area contributed by atoms with Gasteiger partial charge in [-0.25, -0.2) is 0 Å². The molecule has 0 fully saturated rings. The molecule has 3 nitrogen and oxygen atoms in total. The SMILES string of the molecule is Cc1c(N)cc(Br)cc1NN. The van der Waals surface area contributed by atoms with Crippen LogP contribution in [0.2, 0.25) is 0 Å². The molecule has 1 rings (SSSR count). The van der Waals surface area contributed by atoms with Gasteiger partial charge < -0.3 is 11.2 Å². The predicted octanol–water partition coefficient (Wildman–Crippen LogP) is 1.63. The Kier molecular flexibility index (Phi) is 2.36. The van der Waals surface area contributed by atoms with Crippen LogP contribution in [-0.2, 0) is 0 Å². The molecule has 60 valence electrons. The Morgan fingerprint density at radius 3 is 2.64 bits per heavy atom. The Bertz CT molecular complexity index is 273. The maximum atomic E-state index is 5.67. The summed E-state index contributed by atoms with van der Waals surface area (Å²) in [5.74, 6) is 5.26. The van der Waals surface area contributed by atoms with Crippen LogP contribution in [0.5, 0.6) is 0 Å². The van der Waals surface area contributed by atoms with E-state index in [1.807, 2.05) is 19.1 Å². The van der Waals surface area contributed by atoms with E-state index in [1.54, 1.807) is 0 Å². The lowest BCUT2D eigenvalue weighted by atomic mass is 10.2. The quantitative estimate of drug-likeness (QED) is 0.379. The lowest BCUT2D eigenvalue weighted by molar-refractivity contribution is 1.31. The zero-order valence-electron chi connectivity index (χ0n) is 6.19. The van der Waals surface area contributed by atoms with Crippen LogP contribution in [0.25, 0.3) is 0 Å². The molecule has 0 aliphatic carbocycles. The highest BCUT2D eigenvalue weighted by Gasteiger charge is 2.00. The van der Waals surface area contributed by atoms with Crippen molar-refractivity contribution >= 4 is 27.3 Å². The van der Waals surface area contributed by atoms with E-state index in [4.69, 9.17) is 11.6 Å². The fourth-order valence-corrected chi connectivity index (χ4v) is 1.33. The topological polar surface area (TPSA) is 64.1 Å². The van der Waals surface area contributed by atoms with Gasteiger partial charge in [-0.3, -0.25) is 5.84 Å². The number of hydrogen-bond acceptors (Lipinski definition) is 3. The van der Waals surface area contributed by atoms with Crippen molar-refractivity contribution < 1.29 is 0 Å². The lowest BCUT2D eigenvalue weighted by Gasteiger charge is -2.07. The summed E-state index contributed by atoms with van der Waals surface area (Å²) in [6.07, 6.45) is 0. The number of nitrogen functional groups attached to an aromatic ring is 2. The summed E-state index contributed by atoms with van der Waals surface area (Å²) in [6.45, 7) is 1.91. The molecule has 0 unspecified atom stereocenters. The Labute approximate surface area is 73.9 Å². The smallest absolute Gasteiger partial charge is 0.0546 e. The molecule has 1 aromatic rings. The van der Waals surface area contributed by atoms with Crippen LogP contribution in [0.3, 0.4) is 0 Å². The van der Waals surface area contributed by atoms with Crippen LogP contribution in [0, 0.1) is 6.92 Å². The first-order valence-corrected chi connectivity index (χ1v) is 3.96. The van der Waals surface area contributed by atoms with Gasteiger partial charge in [0, 0.05) is 10.2 Å². The highest BCUT2D eigenvalue weighted by molar-refractivity contribution is 9.10. The fourth-order valence-electron chi connectivity index (χ4n) is 0.850. The standard InChI is InChI=1S/C7H10BrN3/c1-4-6(9)2-5(8)3-7(4)11-10/h2-3,11H,9-10H2,1H3. The van der Waals surface area contributed by atoms with Crippen LogP contribution in [-0.4, -0.2) is 0 Å². The van der Waals surface area contributed by atoms with Crippen molar-refractivity contribution in [2.75, 3.05) is 11.2 Å². The number of halogens is 1. The second-order valence-electron chi connectivity index (χ2n) is 2.31. The average molecular weight is 216 g/mol. The number of benzene rings is 1. The van der Waals surface area contributed by atoms with Gasteiger partial charge in [0.15, 0.2) is 0 Å². The van der Waals surface area contributed by atoms with Crippen molar-refractivity contribution in [2.45, 2.75) is 6.92 Å². The van der Waals surface area contributed by atoms with Crippen molar-refractivity contribution in [1.29, 1.82) is 0 Å². The van der Waals surface area contributed by atoms with Gasteiger partial charge in [0.25, 0.3) is 0 Å². The zero-order valence-corrected chi connectivity index (χ0v) is 7.77. The molecule has 0 heterocycles. The molecule has 0 saturated heterocycles. The average Bonchev–Trinajstić information content (AvgIpc) is 1.96. The normalized spacial score (nSPS) is 9.73. The number of nitrogens with one attached hydrogen (secondary N) is 1. The molecule has 0 saturated carbocycles. The van der Waals surface area contributed by atoms with E-state index in [1.165, 1.54) is 0 Å². The van der Waals surface area contributed by atoms with Crippen molar-refractivity contribution in [1.82, 2.24) is 0 Å². The van der Waals surface area contributed by atoms with E-state index < -0.39 is 0 Å². The zero-order chi connectivity index (χ0) is 8.43. The molecule has 0 atom stereocenters. The third-order valence-corrected chi connectivity index (χ3v) is 2.03. The van der Waals surface area contributed by atoms with Crippen LogP contribution in [0.4, 0.5) is 11.4 Å². The van der Waals surface area contributed by atoms with E-state index in [0.717, 1.165) is 21.4 Å². The molecule has 0 bridgehead atoms. The van der Waals surface area contributed by atoms with Crippen LogP contribution >= 0.6 is 15.9 Å². The highest BCUT2D eigenvalue weighted by Crippen LogP contribution is 2.25. The molecule has 4 heteroatoms. The van der Waals surface area contributed by atoms with E-state index in [0.29, 0.717) is 0 Å². The molecule has 11 heavy (non-hydrogen) atoms. The molecular formula is C7H10BrN3. The summed E-state index contributed by atoms with van der Waals surface area (Å²) in [6, 6.07) is 3.72. The maximum absolute atomic E-state index is 5.67. The number of anilines is 2. The molecule has 0 aliphatic heterocycles. The molecule has 1 aromatic carbocycles. The summed E-state index contributed by atoms with van der Waals surface area (Å²) < 4.78 is 0.925. The second kappa shape index (κ2) is 3.11. The predicted molar refractivity (Wildman–Crippen MR) is 51.1 cm³/mol. The van der Waals surface area contributed by atoms with Crippen molar-refractivity contribution in [3.63, 3.8) is 0 Å². The molecule has 0 radical (unpaired) electrons. The van der Waals surface area contributed by atoms with Gasteiger partial charge in [0.05, 0.1) is 5.69 Å². The summed E-state index contributed by atoms with van der Waals surface area (Å²) in [5, 5.41) is 0. The Morgan fingerprint density at radius 2 is 2.09 bits per heavy atom. The van der Waals surface area contributed by atoms with Gasteiger partial charge in [-0.15, -0.1) is 0 Å². The highest BCUT2D eigenvalue weighted by atomic mass is 79.9. The maximum Gasteiger partial charge on any atom is 0.0546 e. The number of hydrogen-bond donors (Lipinski definition) is 3. The first-order valence-electron chi connectivity index (χ1n) is 3.17. The summed E-state index contributed by atoms with van der Waals surface area (Å²) >= 11 is 3.31. The van der Waals surface area contributed by atoms with Gasteiger partial charge in [-0.05, 0) is 24.6 Å². The van der Waals surface area contributed by atoms with Gasteiger partial charge in [0.1, 0.15) is 0 Å². The number of nitrogens with two attached hydrogens (primary N) is 2. The van der Waals surface area contributed by atoms with Gasteiger partial charge in [-0.2, -0.15) is 0 Å². The van der Waals surface area contributed by atoms with Gasteiger partial charge in [0.2, 0.25) is 0 Å². The van der Waals surface area contributed by atoms with Gasteiger partial charge in [-0.1, -0.05) is 15.9 Å². The Morgan fingerprint density at radius 1 is 1.45 bits per heavy atom. The van der Waals surface area contributed by atoms with Crippen LogP contribution < -0.4 is 17.0 Å².